The third-order valence-corrected chi connectivity index (χ3v) is 7.93. The van der Waals surface area contributed by atoms with Crippen molar-refractivity contribution < 1.29 is 27.0 Å². The van der Waals surface area contributed by atoms with E-state index in [1.165, 1.54) is 12.1 Å². The molecule has 2 aromatic rings. The Kier molecular flexibility index (Phi) is 4.86. The number of aliphatic hydroxyl groups is 2. The molecule has 25 heavy (non-hydrogen) atoms. The molecule has 0 aliphatic carbocycles. The van der Waals surface area contributed by atoms with Gasteiger partial charge in [0.1, 0.15) is 0 Å². The third kappa shape index (κ3) is 3.56. The van der Waals surface area contributed by atoms with Gasteiger partial charge in [0.2, 0.25) is 10.0 Å². The van der Waals surface area contributed by atoms with Crippen LogP contribution in [0.25, 0.3) is 10.8 Å². The molecule has 0 unspecified atom stereocenters. The molecule has 7 nitrogen and oxygen atoms in total. The lowest BCUT2D eigenvalue weighted by molar-refractivity contribution is 0.117. The summed E-state index contributed by atoms with van der Waals surface area (Å²) in [7, 11) is -7.60. The summed E-state index contributed by atoms with van der Waals surface area (Å²) in [6.07, 6.45) is -1.31. The zero-order chi connectivity index (χ0) is 18.2. The largest absolute Gasteiger partial charge is 0.395 e. The van der Waals surface area contributed by atoms with Gasteiger partial charge in [0.25, 0.3) is 0 Å². The summed E-state index contributed by atoms with van der Waals surface area (Å²) in [6, 6.07) is 10.8. The normalized spacial score (nSPS) is 23.3. The second kappa shape index (κ2) is 6.65. The predicted molar refractivity (Wildman–Crippen MR) is 93.4 cm³/mol. The molecule has 0 bridgehead atoms. The van der Waals surface area contributed by atoms with Crippen molar-refractivity contribution >= 4 is 30.6 Å². The minimum Gasteiger partial charge on any atom is -0.395 e. The van der Waals surface area contributed by atoms with E-state index in [-0.39, 0.29) is 11.4 Å². The molecule has 0 amide bonds. The standard InChI is InChI=1S/C16H19NO6S2/c18-8-7-17(15-10-24(20,21)11-16(15)19)25(22,23)14-6-5-12-3-1-2-4-13(12)9-14/h1-6,9,15-16,18-19H,7-8,10-11H2/t15-,16+/m1/s1. The molecule has 0 aromatic heterocycles. The predicted octanol–water partition coefficient (Wildman–Crippen LogP) is -0.0193. The number of rotatable bonds is 5. The molecule has 1 aliphatic heterocycles. The number of hydrogen-bond donors (Lipinski definition) is 2. The fourth-order valence-electron chi connectivity index (χ4n) is 3.11. The van der Waals surface area contributed by atoms with Crippen LogP contribution in [0.4, 0.5) is 0 Å². The molecule has 2 atom stereocenters. The van der Waals surface area contributed by atoms with E-state index in [0.29, 0.717) is 0 Å². The monoisotopic (exact) mass is 385 g/mol. The fraction of sp³-hybridized carbons (Fsp3) is 0.375. The van der Waals surface area contributed by atoms with Crippen molar-refractivity contribution in [3.05, 3.63) is 42.5 Å². The average Bonchev–Trinajstić information content (AvgIpc) is 2.84. The van der Waals surface area contributed by atoms with Gasteiger partial charge in [-0.25, -0.2) is 16.8 Å². The molecule has 0 radical (unpaired) electrons. The van der Waals surface area contributed by atoms with E-state index < -0.39 is 50.1 Å². The van der Waals surface area contributed by atoms with Gasteiger partial charge in [-0.05, 0) is 22.9 Å². The highest BCUT2D eigenvalue weighted by Crippen LogP contribution is 2.27. The Morgan fingerprint density at radius 2 is 1.76 bits per heavy atom. The fourth-order valence-corrected chi connectivity index (χ4v) is 6.69. The van der Waals surface area contributed by atoms with Crippen molar-refractivity contribution in [1.29, 1.82) is 0 Å². The molecule has 1 fully saturated rings. The van der Waals surface area contributed by atoms with Gasteiger partial charge in [-0.1, -0.05) is 30.3 Å². The third-order valence-electron chi connectivity index (χ3n) is 4.31. The number of fused-ring (bicyclic) bond motifs is 1. The van der Waals surface area contributed by atoms with Gasteiger partial charge < -0.3 is 10.2 Å². The molecule has 2 aromatic carbocycles. The lowest BCUT2D eigenvalue weighted by Crippen LogP contribution is -2.47. The van der Waals surface area contributed by atoms with Crippen LogP contribution in [0.5, 0.6) is 0 Å². The molecule has 1 aliphatic rings. The van der Waals surface area contributed by atoms with Crippen LogP contribution in [0.2, 0.25) is 0 Å². The van der Waals surface area contributed by atoms with Gasteiger partial charge in [-0.15, -0.1) is 0 Å². The SMILES string of the molecule is O=S1(=O)C[C@@H](N(CCO)S(=O)(=O)c2ccc3ccccc3c2)[C@@H](O)C1. The maximum absolute atomic E-state index is 13.0. The van der Waals surface area contributed by atoms with E-state index >= 15 is 0 Å². The maximum atomic E-state index is 13.0. The molecule has 1 saturated heterocycles. The van der Waals surface area contributed by atoms with Crippen molar-refractivity contribution in [3.63, 3.8) is 0 Å². The molecule has 2 N–H and O–H groups in total. The smallest absolute Gasteiger partial charge is 0.243 e. The highest BCUT2D eigenvalue weighted by Gasteiger charge is 2.44. The van der Waals surface area contributed by atoms with Crippen molar-refractivity contribution in [3.8, 4) is 0 Å². The number of nitrogens with zero attached hydrogens (tertiary/aromatic N) is 1. The van der Waals surface area contributed by atoms with Gasteiger partial charge in [0.15, 0.2) is 9.84 Å². The van der Waals surface area contributed by atoms with Crippen LogP contribution in [-0.2, 0) is 19.9 Å². The summed E-state index contributed by atoms with van der Waals surface area (Å²) < 4.78 is 50.4. The zero-order valence-corrected chi connectivity index (χ0v) is 14.9. The number of hydrogen-bond acceptors (Lipinski definition) is 6. The summed E-state index contributed by atoms with van der Waals surface area (Å²) in [5.41, 5.74) is 0. The minimum absolute atomic E-state index is 0.00357. The topological polar surface area (TPSA) is 112 Å². The Morgan fingerprint density at radius 1 is 1.08 bits per heavy atom. The summed E-state index contributed by atoms with van der Waals surface area (Å²) in [4.78, 5) is -0.00357. The summed E-state index contributed by atoms with van der Waals surface area (Å²) in [5, 5.41) is 20.9. The van der Waals surface area contributed by atoms with Crippen LogP contribution in [0.15, 0.2) is 47.4 Å². The molecular formula is C16H19NO6S2. The molecule has 9 heteroatoms. The summed E-state index contributed by atoms with van der Waals surface area (Å²) >= 11 is 0. The minimum atomic E-state index is -4.07. The first kappa shape index (κ1) is 18.3. The van der Waals surface area contributed by atoms with Crippen LogP contribution in [0.1, 0.15) is 0 Å². The average molecular weight is 385 g/mol. The van der Waals surface area contributed by atoms with Crippen LogP contribution < -0.4 is 0 Å². The summed E-state index contributed by atoms with van der Waals surface area (Å²) in [6.45, 7) is -0.761. The quantitative estimate of drug-likeness (QED) is 0.748. The number of sulfone groups is 1. The van der Waals surface area contributed by atoms with Crippen molar-refractivity contribution in [2.75, 3.05) is 24.7 Å². The molecule has 0 saturated carbocycles. The summed E-state index contributed by atoms with van der Waals surface area (Å²) in [5.74, 6) is -0.937. The van der Waals surface area contributed by atoms with Crippen LogP contribution in [0, 0.1) is 0 Å². The number of benzene rings is 2. The van der Waals surface area contributed by atoms with E-state index in [4.69, 9.17) is 0 Å². The van der Waals surface area contributed by atoms with Crippen LogP contribution >= 0.6 is 0 Å². The van der Waals surface area contributed by atoms with E-state index in [1.54, 1.807) is 18.2 Å². The van der Waals surface area contributed by atoms with Gasteiger partial charge in [0.05, 0.1) is 35.2 Å². The lowest BCUT2D eigenvalue weighted by atomic mass is 10.1. The first-order chi connectivity index (χ1) is 11.7. The van der Waals surface area contributed by atoms with E-state index in [2.05, 4.69) is 0 Å². The number of sulfonamides is 1. The Labute approximate surface area is 146 Å². The van der Waals surface area contributed by atoms with Gasteiger partial charge in [-0.3, -0.25) is 0 Å². The van der Waals surface area contributed by atoms with Gasteiger partial charge in [-0.2, -0.15) is 4.31 Å². The van der Waals surface area contributed by atoms with Crippen LogP contribution in [0.3, 0.4) is 0 Å². The van der Waals surface area contributed by atoms with E-state index in [9.17, 15) is 27.0 Å². The molecule has 136 valence electrons. The van der Waals surface area contributed by atoms with E-state index in [1.807, 2.05) is 12.1 Å². The highest BCUT2D eigenvalue weighted by atomic mass is 32.2. The van der Waals surface area contributed by atoms with Gasteiger partial charge in [0, 0.05) is 6.54 Å². The Morgan fingerprint density at radius 3 is 2.36 bits per heavy atom. The first-order valence-electron chi connectivity index (χ1n) is 7.74. The van der Waals surface area contributed by atoms with Gasteiger partial charge >= 0.3 is 0 Å². The first-order valence-corrected chi connectivity index (χ1v) is 11.0. The highest BCUT2D eigenvalue weighted by molar-refractivity contribution is 7.92. The van der Waals surface area contributed by atoms with E-state index in [0.717, 1.165) is 15.1 Å². The Bertz CT molecular complexity index is 987. The Balaban J connectivity index is 2.04. The van der Waals surface area contributed by atoms with Crippen molar-refractivity contribution in [1.82, 2.24) is 4.31 Å². The van der Waals surface area contributed by atoms with Crippen LogP contribution in [-0.4, -0.2) is 68.2 Å². The van der Waals surface area contributed by atoms with Crippen molar-refractivity contribution in [2.45, 2.75) is 17.0 Å². The number of aliphatic hydroxyl groups excluding tert-OH is 2. The lowest BCUT2D eigenvalue weighted by Gasteiger charge is -2.28. The van der Waals surface area contributed by atoms with Crippen molar-refractivity contribution in [2.24, 2.45) is 0 Å². The zero-order valence-electron chi connectivity index (χ0n) is 13.3. The molecule has 1 heterocycles. The molecule has 0 spiro atoms. The molecular weight excluding hydrogens is 366 g/mol. The maximum Gasteiger partial charge on any atom is 0.243 e. The second-order valence-electron chi connectivity index (χ2n) is 6.06. The molecule has 3 rings (SSSR count). The Hall–Kier alpha value is -1.52. The second-order valence-corrected chi connectivity index (χ2v) is 10.1.